The third-order valence-electron chi connectivity index (χ3n) is 3.74. The lowest BCUT2D eigenvalue weighted by Gasteiger charge is -2.11. The lowest BCUT2D eigenvalue weighted by molar-refractivity contribution is -0.119. The summed E-state index contributed by atoms with van der Waals surface area (Å²) in [5.74, 6) is -0.428. The van der Waals surface area contributed by atoms with Gasteiger partial charge in [-0.3, -0.25) is 4.79 Å². The van der Waals surface area contributed by atoms with E-state index in [2.05, 4.69) is 11.6 Å². The van der Waals surface area contributed by atoms with Crippen LogP contribution in [-0.2, 0) is 21.4 Å². The van der Waals surface area contributed by atoms with Crippen molar-refractivity contribution in [1.29, 1.82) is 0 Å². The highest BCUT2D eigenvalue weighted by molar-refractivity contribution is 7.90. The van der Waals surface area contributed by atoms with Crippen molar-refractivity contribution in [3.8, 4) is 0 Å². The summed E-state index contributed by atoms with van der Waals surface area (Å²) in [5, 5.41) is 0. The molecule has 0 aromatic heterocycles. The minimum atomic E-state index is -3.77. The smallest absolute Gasteiger partial charge is 0.264 e. The van der Waals surface area contributed by atoms with Gasteiger partial charge >= 0.3 is 0 Å². The van der Waals surface area contributed by atoms with Gasteiger partial charge in [-0.15, -0.1) is 0 Å². The van der Waals surface area contributed by atoms with Crippen LogP contribution in [0.4, 0.5) is 0 Å². The molecule has 0 spiro atoms. The molecule has 136 valence electrons. The molecule has 0 radical (unpaired) electrons. The SMILES string of the molecule is CCCCCCCCC(=O)NS(=O)(=O)c1ccc(CN(C)C)cc1. The van der Waals surface area contributed by atoms with Gasteiger partial charge in [0.25, 0.3) is 10.0 Å². The van der Waals surface area contributed by atoms with Crippen LogP contribution >= 0.6 is 0 Å². The van der Waals surface area contributed by atoms with Gasteiger partial charge in [0.05, 0.1) is 4.90 Å². The summed E-state index contributed by atoms with van der Waals surface area (Å²) >= 11 is 0. The lowest BCUT2D eigenvalue weighted by atomic mass is 10.1. The molecule has 1 rings (SSSR count). The number of benzene rings is 1. The summed E-state index contributed by atoms with van der Waals surface area (Å²) in [6, 6.07) is 6.62. The second-order valence-corrected chi connectivity index (χ2v) is 8.11. The predicted molar refractivity (Wildman–Crippen MR) is 97.2 cm³/mol. The number of carbonyl (C=O) groups is 1. The first-order valence-corrected chi connectivity index (χ1v) is 10.1. The Balaban J connectivity index is 2.46. The number of nitrogens with zero attached hydrogens (tertiary/aromatic N) is 1. The molecular weight excluding hydrogens is 324 g/mol. The number of sulfonamides is 1. The number of carbonyl (C=O) groups excluding carboxylic acids is 1. The highest BCUT2D eigenvalue weighted by Gasteiger charge is 2.17. The van der Waals surface area contributed by atoms with Gasteiger partial charge in [0, 0.05) is 13.0 Å². The molecule has 0 saturated heterocycles. The molecule has 24 heavy (non-hydrogen) atoms. The predicted octanol–water partition coefficient (Wildman–Crippen LogP) is 3.30. The molecule has 1 aromatic carbocycles. The molecule has 0 unspecified atom stereocenters. The molecular formula is C18H30N2O3S. The Kier molecular flexibility index (Phi) is 9.00. The van der Waals surface area contributed by atoms with Gasteiger partial charge in [0.15, 0.2) is 0 Å². The molecule has 0 saturated carbocycles. The molecule has 0 atom stereocenters. The standard InChI is InChI=1S/C18H30N2O3S/c1-4-5-6-7-8-9-10-18(21)19-24(22,23)17-13-11-16(12-14-17)15-20(2)3/h11-14H,4-10,15H2,1-3H3,(H,19,21). The molecule has 0 aliphatic carbocycles. The molecule has 1 aromatic rings. The van der Waals surface area contributed by atoms with Crippen LogP contribution in [0.2, 0.25) is 0 Å². The van der Waals surface area contributed by atoms with Crippen molar-refractivity contribution in [2.45, 2.75) is 63.3 Å². The molecule has 0 bridgehead atoms. The van der Waals surface area contributed by atoms with Crippen molar-refractivity contribution in [3.05, 3.63) is 29.8 Å². The average Bonchev–Trinajstić information content (AvgIpc) is 2.50. The van der Waals surface area contributed by atoms with Crippen LogP contribution < -0.4 is 4.72 Å². The zero-order valence-electron chi connectivity index (χ0n) is 15.0. The van der Waals surface area contributed by atoms with Crippen LogP contribution in [0, 0.1) is 0 Å². The zero-order valence-corrected chi connectivity index (χ0v) is 15.9. The first kappa shape index (κ1) is 20.6. The minimum Gasteiger partial charge on any atom is -0.305 e. The van der Waals surface area contributed by atoms with E-state index in [1.54, 1.807) is 24.3 Å². The van der Waals surface area contributed by atoms with Crippen LogP contribution in [0.1, 0.15) is 57.4 Å². The summed E-state index contributed by atoms with van der Waals surface area (Å²) < 4.78 is 26.6. The van der Waals surface area contributed by atoms with E-state index < -0.39 is 15.9 Å². The molecule has 5 nitrogen and oxygen atoms in total. The fourth-order valence-corrected chi connectivity index (χ4v) is 3.48. The summed E-state index contributed by atoms with van der Waals surface area (Å²) in [4.78, 5) is 14.0. The Morgan fingerprint density at radius 2 is 1.58 bits per heavy atom. The summed E-state index contributed by atoms with van der Waals surface area (Å²) in [6.07, 6.45) is 6.62. The van der Waals surface area contributed by atoms with Gasteiger partial charge in [0.1, 0.15) is 0 Å². The zero-order chi connectivity index (χ0) is 18.0. The van der Waals surface area contributed by atoms with Crippen LogP contribution in [0.15, 0.2) is 29.2 Å². The number of amides is 1. The highest BCUT2D eigenvalue weighted by Crippen LogP contribution is 2.12. The fourth-order valence-electron chi connectivity index (χ4n) is 2.46. The summed E-state index contributed by atoms with van der Waals surface area (Å²) in [5.41, 5.74) is 1.03. The van der Waals surface area contributed by atoms with E-state index in [9.17, 15) is 13.2 Å². The van der Waals surface area contributed by atoms with E-state index in [1.165, 1.54) is 19.3 Å². The Labute approximate surface area is 146 Å². The van der Waals surface area contributed by atoms with Gasteiger partial charge in [-0.05, 0) is 38.2 Å². The molecule has 6 heteroatoms. The van der Waals surface area contributed by atoms with Crippen molar-refractivity contribution in [1.82, 2.24) is 9.62 Å². The van der Waals surface area contributed by atoms with Gasteiger partial charge in [-0.1, -0.05) is 51.2 Å². The maximum atomic E-state index is 12.2. The first-order chi connectivity index (χ1) is 11.3. The second-order valence-electron chi connectivity index (χ2n) is 6.43. The third-order valence-corrected chi connectivity index (χ3v) is 5.13. The molecule has 0 heterocycles. The van der Waals surface area contributed by atoms with Crippen molar-refractivity contribution < 1.29 is 13.2 Å². The Morgan fingerprint density at radius 3 is 2.17 bits per heavy atom. The van der Waals surface area contributed by atoms with Crippen molar-refractivity contribution in [3.63, 3.8) is 0 Å². The van der Waals surface area contributed by atoms with E-state index in [1.807, 2.05) is 19.0 Å². The van der Waals surface area contributed by atoms with E-state index in [-0.39, 0.29) is 11.3 Å². The van der Waals surface area contributed by atoms with E-state index in [0.29, 0.717) is 0 Å². The number of rotatable bonds is 11. The quantitative estimate of drug-likeness (QED) is 0.619. The Morgan fingerprint density at radius 1 is 1.00 bits per heavy atom. The Hall–Kier alpha value is -1.40. The lowest BCUT2D eigenvalue weighted by Crippen LogP contribution is -2.30. The van der Waals surface area contributed by atoms with E-state index in [4.69, 9.17) is 0 Å². The van der Waals surface area contributed by atoms with Crippen molar-refractivity contribution in [2.75, 3.05) is 14.1 Å². The molecule has 1 N–H and O–H groups in total. The van der Waals surface area contributed by atoms with Gasteiger partial charge in [-0.25, -0.2) is 13.1 Å². The monoisotopic (exact) mass is 354 g/mol. The van der Waals surface area contributed by atoms with Gasteiger partial charge in [0.2, 0.25) is 5.91 Å². The van der Waals surface area contributed by atoms with Crippen LogP contribution in [0.25, 0.3) is 0 Å². The first-order valence-electron chi connectivity index (χ1n) is 8.64. The van der Waals surface area contributed by atoms with Gasteiger partial charge in [-0.2, -0.15) is 0 Å². The fraction of sp³-hybridized carbons (Fsp3) is 0.611. The maximum Gasteiger partial charge on any atom is 0.264 e. The average molecular weight is 355 g/mol. The van der Waals surface area contributed by atoms with Crippen molar-refractivity contribution >= 4 is 15.9 Å². The summed E-state index contributed by atoms with van der Waals surface area (Å²) in [7, 11) is 0.134. The van der Waals surface area contributed by atoms with Crippen LogP contribution in [0.5, 0.6) is 0 Å². The topological polar surface area (TPSA) is 66.5 Å². The summed E-state index contributed by atoms with van der Waals surface area (Å²) in [6.45, 7) is 2.90. The number of nitrogens with one attached hydrogen (secondary N) is 1. The number of hydrogen-bond acceptors (Lipinski definition) is 4. The normalized spacial score (nSPS) is 11.7. The minimum absolute atomic E-state index is 0.126. The van der Waals surface area contributed by atoms with E-state index >= 15 is 0 Å². The molecule has 1 amide bonds. The van der Waals surface area contributed by atoms with Crippen LogP contribution in [0.3, 0.4) is 0 Å². The number of unbranched alkanes of at least 4 members (excludes halogenated alkanes) is 5. The van der Waals surface area contributed by atoms with Crippen LogP contribution in [-0.4, -0.2) is 33.3 Å². The molecule has 0 aliphatic heterocycles. The third kappa shape index (κ3) is 7.93. The van der Waals surface area contributed by atoms with Crippen molar-refractivity contribution in [2.24, 2.45) is 0 Å². The second kappa shape index (κ2) is 10.5. The highest BCUT2D eigenvalue weighted by atomic mass is 32.2. The molecule has 0 fully saturated rings. The Bertz CT molecular complexity index is 595. The van der Waals surface area contributed by atoms with E-state index in [0.717, 1.165) is 31.4 Å². The maximum absolute atomic E-state index is 12.2. The van der Waals surface area contributed by atoms with Gasteiger partial charge < -0.3 is 4.90 Å². The number of hydrogen-bond donors (Lipinski definition) is 1. The molecule has 0 aliphatic rings. The largest absolute Gasteiger partial charge is 0.305 e.